The molecule has 4 bridgehead atoms. The van der Waals surface area contributed by atoms with Crippen molar-refractivity contribution in [2.24, 2.45) is 35.0 Å². The number of aliphatic hydroxyl groups excluding tert-OH is 2. The second-order valence-corrected chi connectivity index (χ2v) is 24.8. The number of nitrogens with one attached hydrogen (secondary N) is 2. The van der Waals surface area contributed by atoms with Crippen LogP contribution in [-0.4, -0.2) is 94.6 Å². The molecule has 12 atom stereocenters. The van der Waals surface area contributed by atoms with Gasteiger partial charge in [0.15, 0.2) is 0 Å². The summed E-state index contributed by atoms with van der Waals surface area (Å²) in [6.45, 7) is 1.40. The van der Waals surface area contributed by atoms with Crippen LogP contribution in [0.25, 0.3) is 21.9 Å². The summed E-state index contributed by atoms with van der Waals surface area (Å²) in [5.74, 6) is 8.21. The van der Waals surface area contributed by atoms with Crippen LogP contribution in [0.2, 0.25) is 0 Å². The van der Waals surface area contributed by atoms with E-state index in [-0.39, 0.29) is 60.0 Å². The van der Waals surface area contributed by atoms with Crippen LogP contribution in [0.1, 0.15) is 124 Å². The van der Waals surface area contributed by atoms with Gasteiger partial charge in [-0.1, -0.05) is 55.0 Å². The number of methoxy groups -OCH3 is 1. The van der Waals surface area contributed by atoms with Crippen molar-refractivity contribution >= 4 is 10.8 Å². The maximum absolute atomic E-state index is 13.6. The van der Waals surface area contributed by atoms with Crippen LogP contribution in [0.15, 0.2) is 91.0 Å². The van der Waals surface area contributed by atoms with Crippen LogP contribution in [0, 0.1) is 46.8 Å². The van der Waals surface area contributed by atoms with Gasteiger partial charge in [0.25, 0.3) is 0 Å². The maximum Gasteiger partial charge on any atom is 0.149 e. The van der Waals surface area contributed by atoms with E-state index in [2.05, 4.69) is 34.6 Å². The van der Waals surface area contributed by atoms with Gasteiger partial charge in [0, 0.05) is 77.8 Å². The minimum absolute atomic E-state index is 0.0323. The van der Waals surface area contributed by atoms with E-state index in [1.165, 1.54) is 25.7 Å². The Hall–Kier alpha value is -5.98. The average Bonchev–Trinajstić information content (AvgIpc) is 3.97. The Bertz CT molecular complexity index is 3250. The lowest BCUT2D eigenvalue weighted by Gasteiger charge is -2.64. The van der Waals surface area contributed by atoms with Gasteiger partial charge in [0.1, 0.15) is 53.0 Å². The van der Waals surface area contributed by atoms with Gasteiger partial charge in [-0.25, -0.2) is 0 Å². The molecule has 13 nitrogen and oxygen atoms in total. The lowest BCUT2D eigenvalue weighted by molar-refractivity contribution is -0.209. The normalized spacial score (nSPS) is 32.9. The number of fused-ring (bicyclic) bond motifs is 6. The number of aromatic hydroxyl groups is 3. The zero-order valence-electron chi connectivity index (χ0n) is 45.1. The summed E-state index contributed by atoms with van der Waals surface area (Å²) in [6, 6.07) is 23.7. The molecule has 15 rings (SSSR count). The molecule has 10 aliphatic rings. The molecule has 6 aliphatic carbocycles. The van der Waals surface area contributed by atoms with Crippen LogP contribution < -0.4 is 29.6 Å². The number of hydrogen-bond acceptors (Lipinski definition) is 13. The highest BCUT2D eigenvalue weighted by Crippen LogP contribution is 2.61. The van der Waals surface area contributed by atoms with Gasteiger partial charge in [-0.05, 0) is 160 Å². The Kier molecular flexibility index (Phi) is 13.1. The van der Waals surface area contributed by atoms with Crippen molar-refractivity contribution in [3.8, 4) is 63.2 Å². The summed E-state index contributed by atoms with van der Waals surface area (Å²) in [6.07, 6.45) is 15.5. The van der Waals surface area contributed by atoms with E-state index in [0.717, 1.165) is 78.1 Å². The van der Waals surface area contributed by atoms with E-state index in [1.54, 1.807) is 43.5 Å². The molecule has 0 radical (unpaired) electrons. The molecule has 3 spiro atoms. The van der Waals surface area contributed by atoms with Crippen LogP contribution in [0.4, 0.5) is 0 Å². The number of benzene rings is 5. The van der Waals surface area contributed by atoms with Crippen molar-refractivity contribution in [3.05, 3.63) is 113 Å². The number of ether oxygens (including phenoxy) is 6. The highest BCUT2D eigenvalue weighted by molar-refractivity contribution is 5.96. The number of phenolic OH excluding ortho intramolecular Hbond substituents is 3. The molecule has 12 unspecified atom stereocenters. The zero-order valence-corrected chi connectivity index (χ0v) is 45.1. The molecule has 5 fully saturated rings. The third-order valence-electron chi connectivity index (χ3n) is 20.2. The molecule has 0 amide bonds. The predicted octanol–water partition coefficient (Wildman–Crippen LogP) is 10.5. The minimum Gasteiger partial charge on any atom is -0.508 e. The standard InChI is InChI=1S/C66H74N2O11/c1-74-25-8-14-56-58(54-36-76-60-40(30-47(33-52(60)59(54)73)77-46-12-2-3-13-46)27-39-29-44(70)16-19-48(39)38-9-6-11-43(69)28-38)62-53-34-57(51-32-45(71)17-20-49(51)61(53)78-56)75-26-7-10-42-35-67-65(24-23-64(37-65)21-4-5-22-64)68-66(42)41-15-18-50(55(72)31-41)63(66)79-62/h6,9,11,15-20,28-30,32-34,41-42,46,50,54-56,58-59,62-63,67-73H,2-5,8,12-14,21-27,31,35-37H2,1H3. The zero-order chi connectivity index (χ0) is 53.6. The number of rotatable bonds is 10. The molecule has 0 aromatic heterocycles. The third-order valence-corrected chi connectivity index (χ3v) is 20.2. The maximum atomic E-state index is 13.6. The summed E-state index contributed by atoms with van der Waals surface area (Å²) in [5.41, 5.74) is 3.94. The van der Waals surface area contributed by atoms with Crippen molar-refractivity contribution in [3.63, 3.8) is 0 Å². The molecular formula is C66H74N2O11. The third kappa shape index (κ3) is 8.91. The van der Waals surface area contributed by atoms with E-state index in [1.807, 2.05) is 42.5 Å². The van der Waals surface area contributed by atoms with E-state index in [9.17, 15) is 25.5 Å². The topological polar surface area (TPSA) is 181 Å². The van der Waals surface area contributed by atoms with Gasteiger partial charge in [0.2, 0.25) is 0 Å². The smallest absolute Gasteiger partial charge is 0.149 e. The lowest BCUT2D eigenvalue weighted by Crippen LogP contribution is -2.82. The highest BCUT2D eigenvalue weighted by atomic mass is 16.5. The van der Waals surface area contributed by atoms with Crippen molar-refractivity contribution in [1.82, 2.24) is 10.6 Å². The Morgan fingerprint density at radius 3 is 2.47 bits per heavy atom. The Balaban J connectivity index is 0.922. The van der Waals surface area contributed by atoms with Gasteiger partial charge < -0.3 is 54.0 Å². The first kappa shape index (κ1) is 51.2. The SMILES string of the molecule is COCCCC1Oc2c3cc(c4cc(O)ccc24)OCC#CC2CNC4(CCC5(CCCC5)C4)NC24C2C=CC(C(O)C2)C4OC3C1C1COc2c(Cc3cc(O)ccc3-c3cccc(O)c3)cc(OC3CCCC3)cc2C1O. The Morgan fingerprint density at radius 1 is 0.797 bits per heavy atom. The molecule has 414 valence electrons. The molecule has 5 aromatic carbocycles. The molecule has 5 aromatic rings. The average molecular weight is 1070 g/mol. The molecule has 13 heteroatoms. The molecule has 4 saturated carbocycles. The second-order valence-electron chi connectivity index (χ2n) is 24.8. The van der Waals surface area contributed by atoms with Crippen molar-refractivity contribution < 1.29 is 54.0 Å². The summed E-state index contributed by atoms with van der Waals surface area (Å²) < 4.78 is 42.1. The molecule has 4 aliphatic heterocycles. The molecule has 4 heterocycles. The summed E-state index contributed by atoms with van der Waals surface area (Å²) in [7, 11) is 1.71. The van der Waals surface area contributed by atoms with Crippen molar-refractivity contribution in [1.29, 1.82) is 0 Å². The van der Waals surface area contributed by atoms with Gasteiger partial charge in [-0.15, -0.1) is 0 Å². The Labute approximate surface area is 462 Å². The van der Waals surface area contributed by atoms with Gasteiger partial charge in [-0.2, -0.15) is 0 Å². The first-order chi connectivity index (χ1) is 38.5. The summed E-state index contributed by atoms with van der Waals surface area (Å²) in [5, 5.41) is 68.4. The van der Waals surface area contributed by atoms with Gasteiger partial charge >= 0.3 is 0 Å². The Morgan fingerprint density at radius 2 is 1.63 bits per heavy atom. The van der Waals surface area contributed by atoms with Crippen molar-refractivity contribution in [2.75, 3.05) is 33.5 Å². The fourth-order valence-corrected chi connectivity index (χ4v) is 16.6. The number of phenols is 3. The monoisotopic (exact) mass is 1070 g/mol. The largest absolute Gasteiger partial charge is 0.508 e. The lowest BCUT2D eigenvalue weighted by atomic mass is 9.55. The second kappa shape index (κ2) is 20.2. The minimum atomic E-state index is -1.08. The fourth-order valence-electron chi connectivity index (χ4n) is 16.6. The first-order valence-electron chi connectivity index (χ1n) is 29.4. The van der Waals surface area contributed by atoms with Gasteiger partial charge in [-0.3, -0.25) is 10.6 Å². The molecular weight excluding hydrogens is 997 g/mol. The number of aliphatic hydroxyl groups is 2. The van der Waals surface area contributed by atoms with Gasteiger partial charge in [0.05, 0.1) is 54.2 Å². The van der Waals surface area contributed by atoms with Crippen molar-refractivity contribution in [2.45, 2.75) is 144 Å². The van der Waals surface area contributed by atoms with Crippen LogP contribution in [-0.2, 0) is 15.9 Å². The van der Waals surface area contributed by atoms with Crippen LogP contribution in [0.3, 0.4) is 0 Å². The summed E-state index contributed by atoms with van der Waals surface area (Å²) in [4.78, 5) is 0. The van der Waals surface area contributed by atoms with E-state index >= 15 is 0 Å². The van der Waals surface area contributed by atoms with E-state index in [0.29, 0.717) is 78.2 Å². The number of hydrogen-bond donors (Lipinski definition) is 7. The van der Waals surface area contributed by atoms with Crippen LogP contribution >= 0.6 is 0 Å². The van der Waals surface area contributed by atoms with E-state index < -0.39 is 47.9 Å². The molecule has 1 saturated heterocycles. The fraction of sp³-hybridized carbons (Fsp3) is 0.515. The van der Waals surface area contributed by atoms with Crippen LogP contribution in [0.5, 0.6) is 40.2 Å². The molecule has 7 N–H and O–H groups in total. The first-order valence-corrected chi connectivity index (χ1v) is 29.4. The molecule has 79 heavy (non-hydrogen) atoms. The highest BCUT2D eigenvalue weighted by Gasteiger charge is 2.66. The van der Waals surface area contributed by atoms with E-state index in [4.69, 9.17) is 28.4 Å². The summed E-state index contributed by atoms with van der Waals surface area (Å²) >= 11 is 0. The predicted molar refractivity (Wildman–Crippen MR) is 298 cm³/mol. The quantitative estimate of drug-likeness (QED) is 0.0399.